The fraction of sp³-hybridized carbons (Fsp3) is 0.481. The van der Waals surface area contributed by atoms with Crippen LogP contribution in [-0.4, -0.2) is 0 Å². The molecule has 2 aromatic rings. The standard InChI is InChI=1S/C27H30F4/c1-2-3-17-4-6-18(7-5-17)8-9-19-10-11-20-13-23(24(28)14-21(20)12-19)22-15-25(29)27(31)26(30)16-22/h12-18H,2-11H2,1H3. The molecule has 0 atom stereocenters. The minimum atomic E-state index is -1.53. The van der Waals surface area contributed by atoms with E-state index < -0.39 is 23.3 Å². The van der Waals surface area contributed by atoms with Crippen LogP contribution >= 0.6 is 0 Å². The van der Waals surface area contributed by atoms with E-state index in [1.54, 1.807) is 6.07 Å². The molecule has 2 aliphatic carbocycles. The van der Waals surface area contributed by atoms with Crippen molar-refractivity contribution in [1.82, 2.24) is 0 Å². The van der Waals surface area contributed by atoms with Gasteiger partial charge in [0.15, 0.2) is 17.5 Å². The van der Waals surface area contributed by atoms with Crippen LogP contribution in [0.3, 0.4) is 0 Å². The number of hydrogen-bond donors (Lipinski definition) is 0. The van der Waals surface area contributed by atoms with Gasteiger partial charge in [0.05, 0.1) is 0 Å². The van der Waals surface area contributed by atoms with Crippen molar-refractivity contribution in [3.05, 3.63) is 64.2 Å². The third-order valence-electron chi connectivity index (χ3n) is 7.14. The Hall–Kier alpha value is -2.10. The summed E-state index contributed by atoms with van der Waals surface area (Å²) >= 11 is 0. The van der Waals surface area contributed by atoms with Gasteiger partial charge in [-0.3, -0.25) is 0 Å². The maximum absolute atomic E-state index is 14.8. The van der Waals surface area contributed by atoms with Crippen LogP contribution < -0.4 is 0 Å². The molecule has 1 saturated carbocycles. The number of halogens is 4. The number of rotatable bonds is 6. The predicted octanol–water partition coefficient (Wildman–Crippen LogP) is 8.63. The molecule has 2 aliphatic rings. The van der Waals surface area contributed by atoms with Crippen molar-refractivity contribution in [3.63, 3.8) is 0 Å². The summed E-state index contributed by atoms with van der Waals surface area (Å²) in [4.78, 5) is 0. The smallest absolute Gasteiger partial charge is 0.194 e. The molecule has 0 nitrogen and oxygen atoms in total. The average Bonchev–Trinajstić information content (AvgIpc) is 2.76. The quantitative estimate of drug-likeness (QED) is 0.318. The molecule has 31 heavy (non-hydrogen) atoms. The molecular weight excluding hydrogens is 400 g/mol. The molecule has 1 fully saturated rings. The zero-order valence-corrected chi connectivity index (χ0v) is 18.1. The van der Waals surface area contributed by atoms with Crippen molar-refractivity contribution >= 4 is 6.08 Å². The van der Waals surface area contributed by atoms with Crippen molar-refractivity contribution in [1.29, 1.82) is 0 Å². The van der Waals surface area contributed by atoms with E-state index in [-0.39, 0.29) is 11.1 Å². The summed E-state index contributed by atoms with van der Waals surface area (Å²) in [5, 5.41) is 0. The Morgan fingerprint density at radius 1 is 0.774 bits per heavy atom. The summed E-state index contributed by atoms with van der Waals surface area (Å²) < 4.78 is 55.2. The fourth-order valence-corrected chi connectivity index (χ4v) is 5.31. The van der Waals surface area contributed by atoms with Gasteiger partial charge < -0.3 is 0 Å². The lowest BCUT2D eigenvalue weighted by molar-refractivity contribution is 0.252. The Balaban J connectivity index is 1.44. The Bertz CT molecular complexity index is 944. The second-order valence-corrected chi connectivity index (χ2v) is 9.30. The number of allylic oxidation sites excluding steroid dienone is 1. The Morgan fingerprint density at radius 3 is 2.06 bits per heavy atom. The van der Waals surface area contributed by atoms with Crippen molar-refractivity contribution < 1.29 is 17.6 Å². The Morgan fingerprint density at radius 2 is 1.42 bits per heavy atom. The molecule has 0 unspecified atom stereocenters. The zero-order chi connectivity index (χ0) is 22.0. The van der Waals surface area contributed by atoms with Gasteiger partial charge in [-0.05, 0) is 78.5 Å². The van der Waals surface area contributed by atoms with E-state index in [1.165, 1.54) is 56.6 Å². The second kappa shape index (κ2) is 9.58. The van der Waals surface area contributed by atoms with Gasteiger partial charge in [0, 0.05) is 5.56 Å². The van der Waals surface area contributed by atoms with Gasteiger partial charge in [0.2, 0.25) is 0 Å². The van der Waals surface area contributed by atoms with Crippen LogP contribution in [0.2, 0.25) is 0 Å². The van der Waals surface area contributed by atoms with Crippen LogP contribution in [0.25, 0.3) is 17.2 Å². The highest BCUT2D eigenvalue weighted by atomic mass is 19.2. The van der Waals surface area contributed by atoms with E-state index in [2.05, 4.69) is 13.0 Å². The van der Waals surface area contributed by atoms with Gasteiger partial charge >= 0.3 is 0 Å². The van der Waals surface area contributed by atoms with Crippen LogP contribution in [0.5, 0.6) is 0 Å². The molecule has 0 aromatic heterocycles. The maximum atomic E-state index is 14.8. The predicted molar refractivity (Wildman–Crippen MR) is 118 cm³/mol. The molecule has 0 heterocycles. The first-order valence-electron chi connectivity index (χ1n) is 11.6. The largest absolute Gasteiger partial charge is 0.206 e. The van der Waals surface area contributed by atoms with Gasteiger partial charge in [-0.2, -0.15) is 0 Å². The third-order valence-corrected chi connectivity index (χ3v) is 7.14. The number of benzene rings is 2. The topological polar surface area (TPSA) is 0 Å². The number of fused-ring (bicyclic) bond motifs is 1. The van der Waals surface area contributed by atoms with E-state index >= 15 is 0 Å². The molecule has 0 amide bonds. The second-order valence-electron chi connectivity index (χ2n) is 9.30. The summed E-state index contributed by atoms with van der Waals surface area (Å²) in [5.74, 6) is -2.97. The first-order valence-corrected chi connectivity index (χ1v) is 11.6. The van der Waals surface area contributed by atoms with Crippen LogP contribution in [0, 0.1) is 35.1 Å². The molecule has 0 spiro atoms. The van der Waals surface area contributed by atoms with Crippen LogP contribution in [0.1, 0.15) is 75.8 Å². The summed E-state index contributed by atoms with van der Waals surface area (Å²) in [6.07, 6.45) is 14.1. The van der Waals surface area contributed by atoms with Crippen molar-refractivity contribution in [2.75, 3.05) is 0 Å². The third kappa shape index (κ3) is 5.05. The first-order chi connectivity index (χ1) is 14.9. The van der Waals surface area contributed by atoms with Crippen LogP contribution in [-0.2, 0) is 6.42 Å². The Kier molecular flexibility index (Phi) is 6.83. The average molecular weight is 431 g/mol. The number of hydrogen-bond acceptors (Lipinski definition) is 0. The van der Waals surface area contributed by atoms with Gasteiger partial charge in [-0.1, -0.05) is 57.1 Å². The van der Waals surface area contributed by atoms with Gasteiger partial charge in [0.1, 0.15) is 5.82 Å². The lowest BCUT2D eigenvalue weighted by atomic mass is 9.77. The van der Waals surface area contributed by atoms with Gasteiger partial charge in [-0.25, -0.2) is 17.6 Å². The van der Waals surface area contributed by atoms with Crippen molar-refractivity contribution in [2.24, 2.45) is 11.8 Å². The van der Waals surface area contributed by atoms with Gasteiger partial charge in [0.25, 0.3) is 0 Å². The van der Waals surface area contributed by atoms with Crippen LogP contribution in [0.15, 0.2) is 29.8 Å². The molecule has 0 N–H and O–H groups in total. The highest BCUT2D eigenvalue weighted by Gasteiger charge is 2.22. The number of aryl methyl sites for hydroxylation is 1. The van der Waals surface area contributed by atoms with E-state index in [9.17, 15) is 17.6 Å². The lowest BCUT2D eigenvalue weighted by Crippen LogP contribution is -2.14. The fourth-order valence-electron chi connectivity index (χ4n) is 5.31. The minimum Gasteiger partial charge on any atom is -0.206 e. The monoisotopic (exact) mass is 430 g/mol. The molecule has 4 heteroatoms. The summed E-state index contributed by atoms with van der Waals surface area (Å²) in [6, 6.07) is 4.79. The highest BCUT2D eigenvalue weighted by molar-refractivity contribution is 5.70. The van der Waals surface area contributed by atoms with E-state index in [0.29, 0.717) is 0 Å². The minimum absolute atomic E-state index is 0.0187. The molecule has 0 bridgehead atoms. The van der Waals surface area contributed by atoms with E-state index in [1.807, 2.05) is 0 Å². The summed E-state index contributed by atoms with van der Waals surface area (Å²) in [6.45, 7) is 2.27. The SMILES string of the molecule is CCCC1CCC(CCC2=Cc3cc(F)c(-c4cc(F)c(F)c(F)c4)cc3CC2)CC1. The first kappa shape index (κ1) is 22.1. The molecule has 2 aromatic carbocycles. The molecule has 4 rings (SSSR count). The van der Waals surface area contributed by atoms with E-state index in [0.717, 1.165) is 54.4 Å². The zero-order valence-electron chi connectivity index (χ0n) is 18.1. The molecule has 166 valence electrons. The molecule has 0 saturated heterocycles. The van der Waals surface area contributed by atoms with E-state index in [4.69, 9.17) is 0 Å². The maximum Gasteiger partial charge on any atom is 0.194 e. The lowest BCUT2D eigenvalue weighted by Gasteiger charge is -2.29. The summed E-state index contributed by atoms with van der Waals surface area (Å²) in [5.41, 5.74) is 3.29. The molecular formula is C27H30F4. The van der Waals surface area contributed by atoms with Crippen molar-refractivity contribution in [3.8, 4) is 11.1 Å². The summed E-state index contributed by atoms with van der Waals surface area (Å²) in [7, 11) is 0. The molecule has 0 aliphatic heterocycles. The Labute approximate surface area is 182 Å². The van der Waals surface area contributed by atoms with Gasteiger partial charge in [-0.15, -0.1) is 0 Å². The van der Waals surface area contributed by atoms with Crippen LogP contribution in [0.4, 0.5) is 17.6 Å². The normalized spacial score (nSPS) is 21.0. The molecule has 0 radical (unpaired) electrons. The highest BCUT2D eigenvalue weighted by Crippen LogP contribution is 2.37. The van der Waals surface area contributed by atoms with Crippen molar-refractivity contribution in [2.45, 2.75) is 71.1 Å².